The molecule has 2 rings (SSSR count). The standard InChI is InChI=1S/C22H27NO4/c1-4-6-15-27-19-10-8-7-9-18(19)23-22(24)14-12-17-11-13-20(26-5-2)21(16-17)25-3/h7-14,16H,4-6,15H2,1-3H3,(H,23,24). The topological polar surface area (TPSA) is 56.8 Å². The largest absolute Gasteiger partial charge is 0.493 e. The van der Waals surface area contributed by atoms with Crippen molar-refractivity contribution in [3.63, 3.8) is 0 Å². The van der Waals surface area contributed by atoms with Crippen LogP contribution in [0.15, 0.2) is 48.5 Å². The quantitative estimate of drug-likeness (QED) is 0.477. The zero-order chi connectivity index (χ0) is 19.5. The number of ether oxygens (including phenoxy) is 3. The number of hydrogen-bond acceptors (Lipinski definition) is 4. The van der Waals surface area contributed by atoms with Crippen LogP contribution in [0.4, 0.5) is 5.69 Å². The molecule has 5 heteroatoms. The lowest BCUT2D eigenvalue weighted by molar-refractivity contribution is -0.111. The van der Waals surface area contributed by atoms with Gasteiger partial charge in [0.15, 0.2) is 11.5 Å². The van der Waals surface area contributed by atoms with Crippen LogP contribution >= 0.6 is 0 Å². The lowest BCUT2D eigenvalue weighted by Crippen LogP contribution is -2.09. The number of anilines is 1. The number of methoxy groups -OCH3 is 1. The van der Waals surface area contributed by atoms with Gasteiger partial charge in [0.1, 0.15) is 5.75 Å². The summed E-state index contributed by atoms with van der Waals surface area (Å²) in [5.41, 5.74) is 1.51. The molecule has 0 spiro atoms. The molecule has 0 aromatic heterocycles. The van der Waals surface area contributed by atoms with Gasteiger partial charge in [0.25, 0.3) is 0 Å². The maximum Gasteiger partial charge on any atom is 0.248 e. The van der Waals surface area contributed by atoms with E-state index in [2.05, 4.69) is 12.2 Å². The Balaban J connectivity index is 2.03. The fraction of sp³-hybridized carbons (Fsp3) is 0.318. The van der Waals surface area contributed by atoms with E-state index in [0.717, 1.165) is 18.4 Å². The molecule has 2 aromatic rings. The molecular weight excluding hydrogens is 342 g/mol. The Bertz CT molecular complexity index is 771. The average molecular weight is 369 g/mol. The Kier molecular flexibility index (Phi) is 8.23. The fourth-order valence-electron chi connectivity index (χ4n) is 2.43. The summed E-state index contributed by atoms with van der Waals surface area (Å²) in [6.45, 7) is 5.22. The van der Waals surface area contributed by atoms with Crippen molar-refractivity contribution in [3.05, 3.63) is 54.1 Å². The van der Waals surface area contributed by atoms with Crippen molar-refractivity contribution in [2.75, 3.05) is 25.6 Å². The maximum absolute atomic E-state index is 12.3. The highest BCUT2D eigenvalue weighted by atomic mass is 16.5. The van der Waals surface area contributed by atoms with Gasteiger partial charge in [-0.2, -0.15) is 0 Å². The van der Waals surface area contributed by atoms with Crippen molar-refractivity contribution in [3.8, 4) is 17.2 Å². The van der Waals surface area contributed by atoms with Gasteiger partial charge in [0.05, 0.1) is 26.0 Å². The molecule has 0 aliphatic heterocycles. The number of amides is 1. The predicted octanol–water partition coefficient (Wildman–Crippen LogP) is 4.92. The van der Waals surface area contributed by atoms with Crippen LogP contribution in [-0.2, 0) is 4.79 Å². The first-order valence-electron chi connectivity index (χ1n) is 9.19. The van der Waals surface area contributed by atoms with Gasteiger partial charge in [0.2, 0.25) is 5.91 Å². The molecule has 2 aromatic carbocycles. The Morgan fingerprint density at radius 2 is 1.85 bits per heavy atom. The van der Waals surface area contributed by atoms with Crippen molar-refractivity contribution in [2.24, 2.45) is 0 Å². The number of nitrogens with one attached hydrogen (secondary N) is 1. The van der Waals surface area contributed by atoms with Crippen molar-refractivity contribution < 1.29 is 19.0 Å². The minimum absolute atomic E-state index is 0.227. The summed E-state index contributed by atoms with van der Waals surface area (Å²) in [4.78, 5) is 12.3. The summed E-state index contributed by atoms with van der Waals surface area (Å²) >= 11 is 0. The third-order valence-corrected chi connectivity index (χ3v) is 3.82. The van der Waals surface area contributed by atoms with Gasteiger partial charge in [-0.1, -0.05) is 31.5 Å². The Morgan fingerprint density at radius 1 is 1.04 bits per heavy atom. The summed E-state index contributed by atoms with van der Waals surface area (Å²) in [6.07, 6.45) is 5.25. The molecule has 0 aliphatic rings. The number of carbonyl (C=O) groups excluding carboxylic acids is 1. The molecule has 1 N–H and O–H groups in total. The summed E-state index contributed by atoms with van der Waals surface area (Å²) in [5.74, 6) is 1.76. The summed E-state index contributed by atoms with van der Waals surface area (Å²) in [6, 6.07) is 13.0. The van der Waals surface area contributed by atoms with E-state index in [0.29, 0.717) is 36.1 Å². The fourth-order valence-corrected chi connectivity index (χ4v) is 2.43. The van der Waals surface area contributed by atoms with Crippen LogP contribution in [0, 0.1) is 0 Å². The number of unbranched alkanes of at least 4 members (excludes halogenated alkanes) is 1. The van der Waals surface area contributed by atoms with E-state index in [1.54, 1.807) is 13.2 Å². The predicted molar refractivity (Wildman–Crippen MR) is 109 cm³/mol. The average Bonchev–Trinajstić information content (AvgIpc) is 2.69. The summed E-state index contributed by atoms with van der Waals surface area (Å²) in [7, 11) is 1.59. The number of hydrogen-bond donors (Lipinski definition) is 1. The molecule has 0 saturated carbocycles. The molecule has 27 heavy (non-hydrogen) atoms. The molecular formula is C22H27NO4. The second kappa shape index (κ2) is 10.9. The van der Waals surface area contributed by atoms with Crippen LogP contribution in [0.3, 0.4) is 0 Å². The number of rotatable bonds is 10. The second-order valence-electron chi connectivity index (χ2n) is 5.86. The van der Waals surface area contributed by atoms with Gasteiger partial charge in [-0.25, -0.2) is 0 Å². The van der Waals surface area contributed by atoms with Crippen molar-refractivity contribution in [2.45, 2.75) is 26.7 Å². The maximum atomic E-state index is 12.3. The highest BCUT2D eigenvalue weighted by molar-refractivity contribution is 6.02. The normalized spacial score (nSPS) is 10.6. The molecule has 0 atom stereocenters. The van der Waals surface area contributed by atoms with Crippen LogP contribution in [0.2, 0.25) is 0 Å². The van der Waals surface area contributed by atoms with Crippen molar-refractivity contribution in [1.29, 1.82) is 0 Å². The first-order valence-corrected chi connectivity index (χ1v) is 9.19. The second-order valence-corrected chi connectivity index (χ2v) is 5.86. The van der Waals surface area contributed by atoms with Gasteiger partial charge >= 0.3 is 0 Å². The lowest BCUT2D eigenvalue weighted by Gasteiger charge is -2.11. The van der Waals surface area contributed by atoms with Crippen LogP contribution in [0.1, 0.15) is 32.3 Å². The van der Waals surface area contributed by atoms with Crippen LogP contribution in [-0.4, -0.2) is 26.2 Å². The minimum Gasteiger partial charge on any atom is -0.493 e. The van der Waals surface area contributed by atoms with Gasteiger partial charge < -0.3 is 19.5 Å². The smallest absolute Gasteiger partial charge is 0.248 e. The first-order chi connectivity index (χ1) is 13.2. The van der Waals surface area contributed by atoms with Crippen molar-refractivity contribution in [1.82, 2.24) is 0 Å². The highest BCUT2D eigenvalue weighted by Gasteiger charge is 2.06. The Labute approximate surface area is 161 Å². The molecule has 1 amide bonds. The van der Waals surface area contributed by atoms with E-state index in [4.69, 9.17) is 14.2 Å². The van der Waals surface area contributed by atoms with Crippen LogP contribution < -0.4 is 19.5 Å². The number of para-hydroxylation sites is 2. The molecule has 0 unspecified atom stereocenters. The first kappa shape index (κ1) is 20.4. The van der Waals surface area contributed by atoms with E-state index in [-0.39, 0.29) is 5.91 Å². The van der Waals surface area contributed by atoms with E-state index in [1.165, 1.54) is 6.08 Å². The molecule has 0 fully saturated rings. The molecule has 0 saturated heterocycles. The van der Waals surface area contributed by atoms with Crippen LogP contribution in [0.25, 0.3) is 6.08 Å². The van der Waals surface area contributed by atoms with E-state index in [9.17, 15) is 4.79 Å². The monoisotopic (exact) mass is 369 g/mol. The highest BCUT2D eigenvalue weighted by Crippen LogP contribution is 2.28. The van der Waals surface area contributed by atoms with Gasteiger partial charge in [-0.05, 0) is 49.2 Å². The summed E-state index contributed by atoms with van der Waals surface area (Å²) in [5, 5.41) is 2.86. The Hall–Kier alpha value is -2.95. The van der Waals surface area contributed by atoms with E-state index >= 15 is 0 Å². The van der Waals surface area contributed by atoms with Gasteiger partial charge in [0, 0.05) is 6.08 Å². The molecule has 144 valence electrons. The van der Waals surface area contributed by atoms with E-state index in [1.807, 2.05) is 49.4 Å². The third kappa shape index (κ3) is 6.37. The SMILES string of the molecule is CCCCOc1ccccc1NC(=O)C=Cc1ccc(OCC)c(OC)c1. The third-order valence-electron chi connectivity index (χ3n) is 3.82. The zero-order valence-corrected chi connectivity index (χ0v) is 16.2. The van der Waals surface area contributed by atoms with E-state index < -0.39 is 0 Å². The molecule has 5 nitrogen and oxygen atoms in total. The zero-order valence-electron chi connectivity index (χ0n) is 16.2. The minimum atomic E-state index is -0.227. The lowest BCUT2D eigenvalue weighted by atomic mass is 10.2. The van der Waals surface area contributed by atoms with Crippen molar-refractivity contribution >= 4 is 17.7 Å². The molecule has 0 bridgehead atoms. The van der Waals surface area contributed by atoms with Gasteiger partial charge in [-0.3, -0.25) is 4.79 Å². The number of carbonyl (C=O) groups is 1. The molecule has 0 aliphatic carbocycles. The Morgan fingerprint density at radius 3 is 2.59 bits per heavy atom. The molecule has 0 radical (unpaired) electrons. The molecule has 0 heterocycles. The number of benzene rings is 2. The summed E-state index contributed by atoms with van der Waals surface area (Å²) < 4.78 is 16.6. The van der Waals surface area contributed by atoms with Gasteiger partial charge in [-0.15, -0.1) is 0 Å². The van der Waals surface area contributed by atoms with Crippen LogP contribution in [0.5, 0.6) is 17.2 Å².